The van der Waals surface area contributed by atoms with Gasteiger partial charge >= 0.3 is 19.8 Å². The highest BCUT2D eigenvalue weighted by atomic mass is 31.2. The number of hydrogen-bond acceptors (Lipinski definition) is 7. The first kappa shape index (κ1) is 77.9. The zero-order valence-electron chi connectivity index (χ0n) is 52.9. The number of phosphoric ester groups is 1. The highest BCUT2D eigenvalue weighted by Crippen LogP contribution is 2.43. The molecule has 0 saturated carbocycles. The number of phosphoric acid groups is 1. The van der Waals surface area contributed by atoms with E-state index < -0.39 is 26.5 Å². The number of carbonyl (C=O) groups is 2. The van der Waals surface area contributed by atoms with Crippen LogP contribution in [0.1, 0.15) is 245 Å². The number of unbranched alkanes of at least 4 members (excludes halogenated alkanes) is 20. The zero-order valence-corrected chi connectivity index (χ0v) is 53.8. The number of quaternary nitrogens is 1. The van der Waals surface area contributed by atoms with Crippen molar-refractivity contribution in [3.8, 4) is 0 Å². The summed E-state index contributed by atoms with van der Waals surface area (Å²) in [5.74, 6) is -0.815. The molecule has 0 heterocycles. The molecule has 0 aromatic rings. The van der Waals surface area contributed by atoms with Crippen LogP contribution in [0.3, 0.4) is 0 Å². The summed E-state index contributed by atoms with van der Waals surface area (Å²) in [6.45, 7) is 4.19. The molecular formula is C72H121NO8P+. The molecule has 2 unspecified atom stereocenters. The first-order chi connectivity index (χ1) is 40.0. The Morgan fingerprint density at radius 1 is 0.378 bits per heavy atom. The lowest BCUT2D eigenvalue weighted by molar-refractivity contribution is -0.870. The highest BCUT2D eigenvalue weighted by molar-refractivity contribution is 7.47. The maximum absolute atomic E-state index is 12.8. The van der Waals surface area contributed by atoms with Crippen molar-refractivity contribution >= 4 is 19.8 Å². The fourth-order valence-corrected chi connectivity index (χ4v) is 9.18. The summed E-state index contributed by atoms with van der Waals surface area (Å²) in [7, 11) is 1.46. The number of hydrogen-bond donors (Lipinski definition) is 1. The van der Waals surface area contributed by atoms with Gasteiger partial charge in [-0.05, 0) is 116 Å². The molecule has 10 heteroatoms. The topological polar surface area (TPSA) is 108 Å². The Kier molecular flexibility index (Phi) is 58.4. The lowest BCUT2D eigenvalue weighted by Gasteiger charge is -2.24. The van der Waals surface area contributed by atoms with Crippen LogP contribution in [-0.2, 0) is 32.7 Å². The van der Waals surface area contributed by atoms with Gasteiger partial charge in [-0.3, -0.25) is 18.6 Å². The normalized spacial score (nSPS) is 14.2. The first-order valence-electron chi connectivity index (χ1n) is 32.6. The smallest absolute Gasteiger partial charge is 0.462 e. The third-order valence-electron chi connectivity index (χ3n) is 13.4. The van der Waals surface area contributed by atoms with Crippen LogP contribution >= 0.6 is 7.82 Å². The van der Waals surface area contributed by atoms with Gasteiger partial charge in [0.05, 0.1) is 27.7 Å². The van der Waals surface area contributed by atoms with Crippen LogP contribution in [0.4, 0.5) is 0 Å². The predicted molar refractivity (Wildman–Crippen MR) is 353 cm³/mol. The van der Waals surface area contributed by atoms with Crippen LogP contribution < -0.4 is 0 Å². The fourth-order valence-electron chi connectivity index (χ4n) is 8.43. The lowest BCUT2D eigenvalue weighted by atomic mass is 10.0. The van der Waals surface area contributed by atoms with E-state index >= 15 is 0 Å². The summed E-state index contributed by atoms with van der Waals surface area (Å²) in [6.07, 6.45) is 90.8. The predicted octanol–water partition coefficient (Wildman–Crippen LogP) is 21.0. The van der Waals surface area contributed by atoms with Crippen molar-refractivity contribution in [3.63, 3.8) is 0 Å². The minimum absolute atomic E-state index is 0.0236. The Bertz CT molecular complexity index is 1890. The SMILES string of the molecule is CC/C=C\C/C=C\C/C=C\C/C=C\C/C=C\C/C=C\C/C=C\C/C=C\C/C=C\CCCCCCCCCCCCCCCC(=O)OC(COC(=O)CCCCCCCCC/C=C\C/C=C\C/C=C\CC)COP(=O)(O)OCC[N+](C)(C)C. The second kappa shape index (κ2) is 61.5. The summed E-state index contributed by atoms with van der Waals surface area (Å²) >= 11 is 0. The molecule has 466 valence electrons. The summed E-state index contributed by atoms with van der Waals surface area (Å²) in [5, 5.41) is 0. The van der Waals surface area contributed by atoms with Crippen LogP contribution in [0.2, 0.25) is 0 Å². The third-order valence-corrected chi connectivity index (χ3v) is 14.3. The largest absolute Gasteiger partial charge is 0.472 e. The van der Waals surface area contributed by atoms with Crippen LogP contribution in [0.25, 0.3) is 0 Å². The van der Waals surface area contributed by atoms with Crippen molar-refractivity contribution < 1.29 is 42.1 Å². The van der Waals surface area contributed by atoms with E-state index in [9.17, 15) is 19.0 Å². The molecule has 0 bridgehead atoms. The molecule has 0 aromatic carbocycles. The van der Waals surface area contributed by atoms with Crippen molar-refractivity contribution in [3.05, 3.63) is 146 Å². The van der Waals surface area contributed by atoms with E-state index in [4.69, 9.17) is 18.5 Å². The van der Waals surface area contributed by atoms with E-state index in [1.807, 2.05) is 21.1 Å². The van der Waals surface area contributed by atoms with E-state index in [2.05, 4.69) is 160 Å². The molecule has 0 rings (SSSR count). The molecule has 0 fully saturated rings. The van der Waals surface area contributed by atoms with Gasteiger partial charge in [-0.15, -0.1) is 0 Å². The Balaban J connectivity index is 4.06. The van der Waals surface area contributed by atoms with Gasteiger partial charge in [0.25, 0.3) is 0 Å². The van der Waals surface area contributed by atoms with Crippen LogP contribution in [0.5, 0.6) is 0 Å². The Morgan fingerprint density at radius 2 is 0.659 bits per heavy atom. The number of allylic oxidation sites excluding steroid dienone is 24. The van der Waals surface area contributed by atoms with Gasteiger partial charge in [-0.2, -0.15) is 0 Å². The standard InChI is InChI=1S/C72H120NO8P/c1-6-8-10-12-14-16-18-20-22-24-25-26-27-28-29-30-31-32-33-34-35-36-37-38-39-40-41-42-43-44-45-46-47-49-51-53-55-57-59-61-63-65-72(75)81-70(69-80-82(76,77)79-67-66-73(3,4)5)68-78-71(74)64-62-60-58-56-54-52-50-48-23-21-19-17-15-13-11-9-7-2/h8-11,14-17,20-23,25-26,28-29,31-32,34-35,37-38,40-41,70H,6-7,12-13,18-19,24,27,30,33,36,39,42-69H2,1-5H3/p+1/b10-8-,11-9-,16-14-,17-15-,22-20-,23-21-,26-25-,29-28-,32-31-,35-34-,38-37-,41-40-. The second-order valence-corrected chi connectivity index (χ2v) is 23.8. The molecule has 0 radical (unpaired) electrons. The van der Waals surface area contributed by atoms with Gasteiger partial charge in [0.1, 0.15) is 19.8 Å². The van der Waals surface area contributed by atoms with Crippen LogP contribution in [0.15, 0.2) is 146 Å². The molecule has 2 atom stereocenters. The maximum atomic E-state index is 12.8. The van der Waals surface area contributed by atoms with E-state index in [1.54, 1.807) is 0 Å². The number of carbonyl (C=O) groups excluding carboxylic acids is 2. The zero-order chi connectivity index (χ0) is 59.8. The molecule has 1 N–H and O–H groups in total. The quantitative estimate of drug-likeness (QED) is 0.0211. The second-order valence-electron chi connectivity index (χ2n) is 22.4. The van der Waals surface area contributed by atoms with E-state index in [1.165, 1.54) is 83.5 Å². The summed E-state index contributed by atoms with van der Waals surface area (Å²) in [6, 6.07) is 0. The van der Waals surface area contributed by atoms with Crippen molar-refractivity contribution in [2.24, 2.45) is 0 Å². The monoisotopic (exact) mass is 1160 g/mol. The molecule has 82 heavy (non-hydrogen) atoms. The molecule has 0 spiro atoms. The summed E-state index contributed by atoms with van der Waals surface area (Å²) < 4.78 is 34.6. The molecule has 0 amide bonds. The first-order valence-corrected chi connectivity index (χ1v) is 34.1. The van der Waals surface area contributed by atoms with Gasteiger partial charge in [-0.25, -0.2) is 4.57 Å². The number of nitrogens with zero attached hydrogens (tertiary/aromatic N) is 1. The van der Waals surface area contributed by atoms with Gasteiger partial charge < -0.3 is 18.9 Å². The highest BCUT2D eigenvalue weighted by Gasteiger charge is 2.27. The Labute approximate surface area is 503 Å². The van der Waals surface area contributed by atoms with Gasteiger partial charge in [0.2, 0.25) is 0 Å². The van der Waals surface area contributed by atoms with Crippen LogP contribution in [-0.4, -0.2) is 74.9 Å². The lowest BCUT2D eigenvalue weighted by Crippen LogP contribution is -2.37. The summed E-state index contributed by atoms with van der Waals surface area (Å²) in [4.78, 5) is 35.7. The average Bonchev–Trinajstić information content (AvgIpc) is 3.45. The Hall–Kier alpha value is -4.11. The minimum Gasteiger partial charge on any atom is -0.462 e. The van der Waals surface area contributed by atoms with Crippen molar-refractivity contribution in [2.45, 2.75) is 251 Å². The minimum atomic E-state index is -4.40. The molecule has 9 nitrogen and oxygen atoms in total. The van der Waals surface area contributed by atoms with Gasteiger partial charge in [-0.1, -0.05) is 262 Å². The number of likely N-dealkylation sites (N-methyl/N-ethyl adjacent to an activating group) is 1. The van der Waals surface area contributed by atoms with Crippen molar-refractivity contribution in [2.75, 3.05) is 47.5 Å². The number of rotatable bonds is 58. The molecule has 0 aliphatic rings. The van der Waals surface area contributed by atoms with E-state index in [-0.39, 0.29) is 32.0 Å². The number of esters is 2. The Morgan fingerprint density at radius 3 is 0.976 bits per heavy atom. The fraction of sp³-hybridized carbons (Fsp3) is 0.639. The van der Waals surface area contributed by atoms with Crippen LogP contribution in [0, 0.1) is 0 Å². The average molecular weight is 1160 g/mol. The van der Waals surface area contributed by atoms with Gasteiger partial charge in [0.15, 0.2) is 6.10 Å². The van der Waals surface area contributed by atoms with Crippen molar-refractivity contribution in [1.29, 1.82) is 0 Å². The number of ether oxygens (including phenoxy) is 2. The van der Waals surface area contributed by atoms with E-state index in [0.29, 0.717) is 17.4 Å². The molecule has 0 aromatic heterocycles. The van der Waals surface area contributed by atoms with Crippen molar-refractivity contribution in [1.82, 2.24) is 0 Å². The third kappa shape index (κ3) is 65.0. The molecule has 0 aliphatic carbocycles. The molecular weight excluding hydrogens is 1040 g/mol. The molecule has 0 aliphatic heterocycles. The van der Waals surface area contributed by atoms with E-state index in [0.717, 1.165) is 128 Å². The summed E-state index contributed by atoms with van der Waals surface area (Å²) in [5.41, 5.74) is 0. The van der Waals surface area contributed by atoms with Gasteiger partial charge in [0, 0.05) is 12.8 Å². The maximum Gasteiger partial charge on any atom is 0.472 e. The molecule has 0 saturated heterocycles.